The second-order valence-corrected chi connectivity index (χ2v) is 5.51. The molecule has 2 aromatic rings. The van der Waals surface area contributed by atoms with Crippen molar-refractivity contribution in [1.82, 2.24) is 0 Å². The lowest BCUT2D eigenvalue weighted by molar-refractivity contribution is -0.274. The number of carboxylic acids is 1. The standard InChI is InChI=1S/C13H9ClF3NO3S/c14-8-6-7(3-4-9(8)21-13(15,16)17)18-11(12(19)20)10-2-1-5-22-10/h1-6,11,18H,(H,19,20). The third-order valence-electron chi connectivity index (χ3n) is 2.54. The van der Waals surface area contributed by atoms with Crippen molar-refractivity contribution in [2.75, 3.05) is 5.32 Å². The molecule has 0 spiro atoms. The zero-order valence-electron chi connectivity index (χ0n) is 10.7. The highest BCUT2D eigenvalue weighted by atomic mass is 35.5. The summed E-state index contributed by atoms with van der Waals surface area (Å²) in [5.41, 5.74) is 0.264. The van der Waals surface area contributed by atoms with Crippen LogP contribution in [0.4, 0.5) is 18.9 Å². The van der Waals surface area contributed by atoms with Crippen LogP contribution in [0.15, 0.2) is 35.7 Å². The van der Waals surface area contributed by atoms with E-state index in [1.165, 1.54) is 23.5 Å². The zero-order valence-corrected chi connectivity index (χ0v) is 12.3. The molecule has 118 valence electrons. The Morgan fingerprint density at radius 2 is 2.09 bits per heavy atom. The van der Waals surface area contributed by atoms with Crippen molar-refractivity contribution in [3.63, 3.8) is 0 Å². The van der Waals surface area contributed by atoms with Crippen molar-refractivity contribution in [2.45, 2.75) is 12.4 Å². The van der Waals surface area contributed by atoms with Gasteiger partial charge in [0, 0.05) is 10.6 Å². The number of hydrogen-bond donors (Lipinski definition) is 2. The quantitative estimate of drug-likeness (QED) is 0.830. The average molecular weight is 352 g/mol. The molecule has 0 fully saturated rings. The molecule has 0 saturated carbocycles. The van der Waals surface area contributed by atoms with Gasteiger partial charge in [-0.25, -0.2) is 4.79 Å². The van der Waals surface area contributed by atoms with Crippen molar-refractivity contribution >= 4 is 34.6 Å². The summed E-state index contributed by atoms with van der Waals surface area (Å²) in [4.78, 5) is 11.8. The number of halogens is 4. The van der Waals surface area contributed by atoms with E-state index in [2.05, 4.69) is 10.1 Å². The fourth-order valence-corrected chi connectivity index (χ4v) is 2.66. The van der Waals surface area contributed by atoms with Crippen LogP contribution in [-0.2, 0) is 4.79 Å². The summed E-state index contributed by atoms with van der Waals surface area (Å²) in [6.45, 7) is 0. The minimum atomic E-state index is -4.85. The summed E-state index contributed by atoms with van der Waals surface area (Å²) in [6.07, 6.45) is -4.85. The summed E-state index contributed by atoms with van der Waals surface area (Å²) in [7, 11) is 0. The molecule has 22 heavy (non-hydrogen) atoms. The van der Waals surface area contributed by atoms with E-state index in [1.807, 2.05) is 0 Å². The molecule has 1 heterocycles. The maximum Gasteiger partial charge on any atom is 0.573 e. The molecule has 1 aromatic heterocycles. The molecule has 0 radical (unpaired) electrons. The molecule has 1 unspecified atom stereocenters. The van der Waals surface area contributed by atoms with Crippen LogP contribution in [-0.4, -0.2) is 17.4 Å². The molecule has 4 nitrogen and oxygen atoms in total. The average Bonchev–Trinajstić information content (AvgIpc) is 2.91. The van der Waals surface area contributed by atoms with Crippen LogP contribution >= 0.6 is 22.9 Å². The number of benzene rings is 1. The highest BCUT2D eigenvalue weighted by Crippen LogP contribution is 2.33. The highest BCUT2D eigenvalue weighted by molar-refractivity contribution is 7.10. The zero-order chi connectivity index (χ0) is 16.3. The van der Waals surface area contributed by atoms with Crippen LogP contribution in [0.1, 0.15) is 10.9 Å². The summed E-state index contributed by atoms with van der Waals surface area (Å²) in [5, 5.41) is 13.4. The minimum Gasteiger partial charge on any atom is -0.479 e. The molecule has 1 atom stereocenters. The van der Waals surface area contributed by atoms with Crippen molar-refractivity contribution in [2.24, 2.45) is 0 Å². The van der Waals surface area contributed by atoms with E-state index >= 15 is 0 Å². The van der Waals surface area contributed by atoms with Crippen molar-refractivity contribution in [3.05, 3.63) is 45.6 Å². The van der Waals surface area contributed by atoms with Crippen LogP contribution < -0.4 is 10.1 Å². The summed E-state index contributed by atoms with van der Waals surface area (Å²) in [6, 6.07) is 5.77. The van der Waals surface area contributed by atoms with Crippen LogP contribution in [0.2, 0.25) is 5.02 Å². The Labute approximate surface area is 132 Å². The predicted molar refractivity (Wildman–Crippen MR) is 76.5 cm³/mol. The third kappa shape index (κ3) is 4.28. The number of hydrogen-bond acceptors (Lipinski definition) is 4. The first kappa shape index (κ1) is 16.4. The Morgan fingerprint density at radius 3 is 2.59 bits per heavy atom. The molecule has 0 saturated heterocycles. The van der Waals surface area contributed by atoms with Gasteiger partial charge in [0.25, 0.3) is 0 Å². The van der Waals surface area contributed by atoms with E-state index in [0.29, 0.717) is 4.88 Å². The predicted octanol–water partition coefficient (Wildman–Crippen LogP) is 4.54. The largest absolute Gasteiger partial charge is 0.573 e. The van der Waals surface area contributed by atoms with Crippen molar-refractivity contribution < 1.29 is 27.8 Å². The lowest BCUT2D eigenvalue weighted by Crippen LogP contribution is -2.20. The topological polar surface area (TPSA) is 58.6 Å². The number of carboxylic acid groups (broad SMARTS) is 1. The van der Waals surface area contributed by atoms with E-state index < -0.39 is 24.1 Å². The summed E-state index contributed by atoms with van der Waals surface area (Å²) >= 11 is 6.96. The van der Waals surface area contributed by atoms with Gasteiger partial charge in [-0.2, -0.15) is 0 Å². The van der Waals surface area contributed by atoms with Gasteiger partial charge in [-0.3, -0.25) is 0 Å². The van der Waals surface area contributed by atoms with E-state index in [1.54, 1.807) is 17.5 Å². The second kappa shape index (κ2) is 6.45. The lowest BCUT2D eigenvalue weighted by atomic mass is 10.2. The van der Waals surface area contributed by atoms with E-state index in [9.17, 15) is 23.1 Å². The first-order valence-electron chi connectivity index (χ1n) is 5.84. The van der Waals surface area contributed by atoms with E-state index in [-0.39, 0.29) is 10.7 Å². The Morgan fingerprint density at radius 1 is 1.36 bits per heavy atom. The smallest absolute Gasteiger partial charge is 0.479 e. The summed E-state index contributed by atoms with van der Waals surface area (Å²) in [5.74, 6) is -1.67. The maximum absolute atomic E-state index is 12.2. The number of anilines is 1. The molecular weight excluding hydrogens is 343 g/mol. The number of ether oxygens (including phenoxy) is 1. The highest BCUT2D eigenvalue weighted by Gasteiger charge is 2.32. The number of alkyl halides is 3. The molecule has 2 N–H and O–H groups in total. The Balaban J connectivity index is 2.19. The number of carbonyl (C=O) groups is 1. The van der Waals surface area contributed by atoms with Crippen LogP contribution in [0.3, 0.4) is 0 Å². The van der Waals surface area contributed by atoms with Gasteiger partial charge in [-0.15, -0.1) is 24.5 Å². The number of rotatable bonds is 5. The first-order chi connectivity index (χ1) is 10.3. The SMILES string of the molecule is O=C(O)C(Nc1ccc(OC(F)(F)F)c(Cl)c1)c1cccs1. The molecule has 0 aliphatic heterocycles. The molecule has 0 aliphatic rings. The van der Waals surface area contributed by atoms with Crippen LogP contribution in [0.25, 0.3) is 0 Å². The molecule has 0 amide bonds. The molecule has 1 aromatic carbocycles. The molecule has 2 rings (SSSR count). The van der Waals surface area contributed by atoms with Gasteiger partial charge in [-0.05, 0) is 29.6 Å². The van der Waals surface area contributed by atoms with Gasteiger partial charge in [0.05, 0.1) is 5.02 Å². The first-order valence-corrected chi connectivity index (χ1v) is 7.10. The minimum absolute atomic E-state index is 0.264. The van der Waals surface area contributed by atoms with Crippen molar-refractivity contribution in [3.8, 4) is 5.75 Å². The van der Waals surface area contributed by atoms with Gasteiger partial charge in [0.1, 0.15) is 5.75 Å². The van der Waals surface area contributed by atoms with Gasteiger partial charge in [-0.1, -0.05) is 17.7 Å². The Bertz CT molecular complexity index is 661. The fourth-order valence-electron chi connectivity index (χ4n) is 1.67. The van der Waals surface area contributed by atoms with Gasteiger partial charge < -0.3 is 15.2 Å². The number of aliphatic carboxylic acids is 1. The number of nitrogens with one attached hydrogen (secondary N) is 1. The van der Waals surface area contributed by atoms with Gasteiger partial charge >= 0.3 is 12.3 Å². The maximum atomic E-state index is 12.2. The van der Waals surface area contributed by atoms with Crippen LogP contribution in [0, 0.1) is 0 Å². The number of thiophene rings is 1. The van der Waals surface area contributed by atoms with Crippen LogP contribution in [0.5, 0.6) is 5.75 Å². The Hall–Kier alpha value is -1.93. The molecule has 9 heteroatoms. The normalized spacial score (nSPS) is 12.7. The molecule has 0 aliphatic carbocycles. The lowest BCUT2D eigenvalue weighted by Gasteiger charge is -2.16. The second-order valence-electron chi connectivity index (χ2n) is 4.12. The third-order valence-corrected chi connectivity index (χ3v) is 3.78. The van der Waals surface area contributed by atoms with Gasteiger partial charge in [0.15, 0.2) is 6.04 Å². The van der Waals surface area contributed by atoms with Crippen molar-refractivity contribution in [1.29, 1.82) is 0 Å². The Kier molecular flexibility index (Phi) is 4.82. The monoisotopic (exact) mass is 351 g/mol. The van der Waals surface area contributed by atoms with E-state index in [4.69, 9.17) is 11.6 Å². The van der Waals surface area contributed by atoms with Gasteiger partial charge in [0.2, 0.25) is 0 Å². The molecular formula is C13H9ClF3NO3S. The molecule has 0 bridgehead atoms. The summed E-state index contributed by atoms with van der Waals surface area (Å²) < 4.78 is 40.2. The fraction of sp³-hybridized carbons (Fsp3) is 0.154. The van der Waals surface area contributed by atoms with E-state index in [0.717, 1.165) is 6.07 Å².